The van der Waals surface area contributed by atoms with E-state index in [1.165, 1.54) is 0 Å². The summed E-state index contributed by atoms with van der Waals surface area (Å²) in [7, 11) is 0. The summed E-state index contributed by atoms with van der Waals surface area (Å²) in [4.78, 5) is 11.6. The molecule has 5 N–H and O–H groups in total. The molecule has 1 aromatic heterocycles. The number of phenols is 1. The number of aromatic nitrogens is 3. The Kier molecular flexibility index (Phi) is 2.32. The van der Waals surface area contributed by atoms with E-state index in [0.717, 1.165) is 11.1 Å². The molecule has 0 aliphatic carbocycles. The van der Waals surface area contributed by atoms with Crippen molar-refractivity contribution >= 4 is 11.9 Å². The van der Waals surface area contributed by atoms with Crippen LogP contribution >= 0.6 is 0 Å². The van der Waals surface area contributed by atoms with E-state index in [2.05, 4.69) is 15.0 Å². The van der Waals surface area contributed by atoms with Gasteiger partial charge < -0.3 is 16.6 Å². The molecule has 1 heterocycles. The number of anilines is 2. The van der Waals surface area contributed by atoms with Crippen LogP contribution in [0.3, 0.4) is 0 Å². The molecule has 16 heavy (non-hydrogen) atoms. The minimum absolute atomic E-state index is 0.0771. The highest BCUT2D eigenvalue weighted by molar-refractivity contribution is 5.60. The number of hydrogen-bond donors (Lipinski definition) is 3. The second-order valence-electron chi connectivity index (χ2n) is 3.38. The van der Waals surface area contributed by atoms with Gasteiger partial charge in [-0.1, -0.05) is 0 Å². The van der Waals surface area contributed by atoms with Crippen LogP contribution in [0.25, 0.3) is 11.4 Å². The molecule has 6 nitrogen and oxygen atoms in total. The van der Waals surface area contributed by atoms with E-state index in [-0.39, 0.29) is 17.6 Å². The van der Waals surface area contributed by atoms with Crippen LogP contribution in [0.2, 0.25) is 0 Å². The van der Waals surface area contributed by atoms with E-state index in [9.17, 15) is 5.11 Å². The highest BCUT2D eigenvalue weighted by Crippen LogP contribution is 2.23. The van der Waals surface area contributed by atoms with Crippen LogP contribution in [0.5, 0.6) is 5.75 Å². The largest absolute Gasteiger partial charge is 0.508 e. The fourth-order valence-corrected chi connectivity index (χ4v) is 1.33. The molecule has 0 spiro atoms. The zero-order chi connectivity index (χ0) is 11.7. The maximum atomic E-state index is 9.40. The Bertz CT molecular complexity index is 520. The maximum Gasteiger partial charge on any atom is 0.225 e. The molecule has 1 aromatic carbocycles. The van der Waals surface area contributed by atoms with Crippen LogP contribution < -0.4 is 11.5 Å². The summed E-state index contributed by atoms with van der Waals surface area (Å²) in [5.41, 5.74) is 12.4. The third kappa shape index (κ3) is 1.85. The van der Waals surface area contributed by atoms with Gasteiger partial charge in [0.15, 0.2) is 5.82 Å². The van der Waals surface area contributed by atoms with E-state index in [1.807, 2.05) is 0 Å². The molecule has 0 atom stereocenters. The lowest BCUT2D eigenvalue weighted by Gasteiger charge is -2.04. The lowest BCUT2D eigenvalue weighted by atomic mass is 10.1. The fourth-order valence-electron chi connectivity index (χ4n) is 1.33. The first-order chi connectivity index (χ1) is 7.56. The van der Waals surface area contributed by atoms with E-state index < -0.39 is 0 Å². The third-order valence-corrected chi connectivity index (χ3v) is 2.12. The van der Waals surface area contributed by atoms with Gasteiger partial charge in [-0.3, -0.25) is 0 Å². The number of hydrogen-bond acceptors (Lipinski definition) is 6. The molecule has 0 amide bonds. The first kappa shape index (κ1) is 10.2. The van der Waals surface area contributed by atoms with Crippen molar-refractivity contribution in [2.45, 2.75) is 6.92 Å². The maximum absolute atomic E-state index is 9.40. The van der Waals surface area contributed by atoms with E-state index in [4.69, 9.17) is 11.5 Å². The molecule has 0 aliphatic heterocycles. The molecule has 0 saturated heterocycles. The minimum atomic E-state index is 0.0771. The van der Waals surface area contributed by atoms with Crippen LogP contribution in [0, 0.1) is 6.92 Å². The van der Waals surface area contributed by atoms with E-state index >= 15 is 0 Å². The number of phenolic OH excluding ortho intramolecular Hbond substituents is 1. The van der Waals surface area contributed by atoms with E-state index in [0.29, 0.717) is 5.82 Å². The van der Waals surface area contributed by atoms with Crippen molar-refractivity contribution in [1.29, 1.82) is 0 Å². The number of nitrogens with two attached hydrogens (primary N) is 2. The Morgan fingerprint density at radius 3 is 2.25 bits per heavy atom. The Balaban J connectivity index is 2.54. The number of nitrogen functional groups attached to an aromatic ring is 2. The van der Waals surface area contributed by atoms with Gasteiger partial charge in [0.1, 0.15) is 5.75 Å². The number of aromatic hydroxyl groups is 1. The van der Waals surface area contributed by atoms with Crippen molar-refractivity contribution in [3.63, 3.8) is 0 Å². The first-order valence-corrected chi connectivity index (χ1v) is 4.63. The normalized spacial score (nSPS) is 10.3. The van der Waals surface area contributed by atoms with Crippen molar-refractivity contribution in [1.82, 2.24) is 15.0 Å². The summed E-state index contributed by atoms with van der Waals surface area (Å²) in [5.74, 6) is 0.772. The molecule has 82 valence electrons. The average Bonchev–Trinajstić information content (AvgIpc) is 2.20. The molecule has 0 aliphatic rings. The SMILES string of the molecule is Cc1cc(-c2nc(N)nc(N)n2)ccc1O. The lowest BCUT2D eigenvalue weighted by molar-refractivity contribution is 0.471. The summed E-state index contributed by atoms with van der Waals surface area (Å²) in [6, 6.07) is 5.01. The van der Waals surface area contributed by atoms with Gasteiger partial charge >= 0.3 is 0 Å². The van der Waals surface area contributed by atoms with Gasteiger partial charge in [-0.2, -0.15) is 15.0 Å². The van der Waals surface area contributed by atoms with Crippen LogP contribution in [0.15, 0.2) is 18.2 Å². The summed E-state index contributed by atoms with van der Waals surface area (Å²) < 4.78 is 0. The topological polar surface area (TPSA) is 111 Å². The summed E-state index contributed by atoms with van der Waals surface area (Å²) in [5, 5.41) is 9.40. The zero-order valence-electron chi connectivity index (χ0n) is 8.68. The first-order valence-electron chi connectivity index (χ1n) is 4.63. The summed E-state index contributed by atoms with van der Waals surface area (Å²) in [6.45, 7) is 1.78. The van der Waals surface area contributed by atoms with Crippen molar-refractivity contribution < 1.29 is 5.11 Å². The van der Waals surface area contributed by atoms with Crippen LogP contribution in [0.1, 0.15) is 5.56 Å². The molecule has 6 heteroatoms. The minimum Gasteiger partial charge on any atom is -0.508 e. The molecule has 0 radical (unpaired) electrons. The summed E-state index contributed by atoms with van der Waals surface area (Å²) in [6.07, 6.45) is 0. The van der Waals surface area contributed by atoms with Crippen LogP contribution in [-0.2, 0) is 0 Å². The molecule has 0 bridgehead atoms. The quantitative estimate of drug-likeness (QED) is 0.649. The monoisotopic (exact) mass is 217 g/mol. The Labute approximate surface area is 92.0 Å². The van der Waals surface area contributed by atoms with Crippen LogP contribution in [0.4, 0.5) is 11.9 Å². The van der Waals surface area contributed by atoms with Crippen molar-refractivity contribution in [3.05, 3.63) is 23.8 Å². The Morgan fingerprint density at radius 1 is 1.06 bits per heavy atom. The van der Waals surface area contributed by atoms with Gasteiger partial charge in [-0.25, -0.2) is 0 Å². The van der Waals surface area contributed by atoms with Crippen LogP contribution in [-0.4, -0.2) is 20.1 Å². The second kappa shape index (κ2) is 3.65. The summed E-state index contributed by atoms with van der Waals surface area (Å²) >= 11 is 0. The highest BCUT2D eigenvalue weighted by Gasteiger charge is 2.06. The van der Waals surface area contributed by atoms with Gasteiger partial charge in [-0.15, -0.1) is 0 Å². The molecule has 0 unspecified atom stereocenters. The fraction of sp³-hybridized carbons (Fsp3) is 0.100. The molecular formula is C10H11N5O. The molecule has 2 rings (SSSR count). The molecule has 0 fully saturated rings. The molecular weight excluding hydrogens is 206 g/mol. The molecule has 2 aromatic rings. The van der Waals surface area contributed by atoms with Gasteiger partial charge in [0.25, 0.3) is 0 Å². The van der Waals surface area contributed by atoms with Gasteiger partial charge in [0.2, 0.25) is 11.9 Å². The van der Waals surface area contributed by atoms with Gasteiger partial charge in [0, 0.05) is 5.56 Å². The van der Waals surface area contributed by atoms with Gasteiger partial charge in [-0.05, 0) is 30.7 Å². The molecule has 0 saturated carbocycles. The highest BCUT2D eigenvalue weighted by atomic mass is 16.3. The number of rotatable bonds is 1. The predicted octanol–water partition coefficient (Wildman–Crippen LogP) is 0.717. The number of aryl methyl sites for hydroxylation is 1. The lowest BCUT2D eigenvalue weighted by Crippen LogP contribution is -2.04. The van der Waals surface area contributed by atoms with Crippen molar-refractivity contribution in [3.8, 4) is 17.1 Å². The van der Waals surface area contributed by atoms with Gasteiger partial charge in [0.05, 0.1) is 0 Å². The van der Waals surface area contributed by atoms with E-state index in [1.54, 1.807) is 25.1 Å². The Hall–Kier alpha value is -2.37. The zero-order valence-corrected chi connectivity index (χ0v) is 8.68. The second-order valence-corrected chi connectivity index (χ2v) is 3.38. The average molecular weight is 217 g/mol. The Morgan fingerprint density at radius 2 is 1.69 bits per heavy atom. The van der Waals surface area contributed by atoms with Crippen molar-refractivity contribution in [2.75, 3.05) is 11.5 Å². The third-order valence-electron chi connectivity index (χ3n) is 2.12. The smallest absolute Gasteiger partial charge is 0.225 e. The number of benzene rings is 1. The number of nitrogens with zero attached hydrogens (tertiary/aromatic N) is 3. The van der Waals surface area contributed by atoms with Crippen molar-refractivity contribution in [2.24, 2.45) is 0 Å². The predicted molar refractivity (Wildman–Crippen MR) is 60.5 cm³/mol. The standard InChI is InChI=1S/C10H11N5O/c1-5-4-6(2-3-7(5)16)8-13-9(11)15-10(12)14-8/h2-4,16H,1H3,(H4,11,12,13,14,15).